The number of ether oxygens (including phenoxy) is 1. The Hall–Kier alpha value is -3.67. The Morgan fingerprint density at radius 1 is 0.970 bits per heavy atom. The molecule has 0 radical (unpaired) electrons. The maximum absolute atomic E-state index is 15.8. The quantitative estimate of drug-likeness (QED) is 0.389. The van der Waals surface area contributed by atoms with Crippen LogP contribution in [-0.2, 0) is 13.0 Å². The van der Waals surface area contributed by atoms with Crippen molar-refractivity contribution in [1.82, 2.24) is 4.57 Å². The van der Waals surface area contributed by atoms with Crippen LogP contribution in [0.3, 0.4) is 0 Å². The lowest BCUT2D eigenvalue weighted by molar-refractivity contribution is 0.1000. The number of rotatable bonds is 7. The molecule has 0 saturated heterocycles. The second-order valence-corrected chi connectivity index (χ2v) is 8.38. The molecule has 0 fully saturated rings. The molecule has 4 rings (SSSR count). The highest BCUT2D eigenvalue weighted by Gasteiger charge is 2.32. The number of nitrogens with zero attached hydrogens (tertiary/aromatic N) is 1. The van der Waals surface area contributed by atoms with E-state index < -0.39 is 23.3 Å². The summed E-state index contributed by atoms with van der Waals surface area (Å²) >= 11 is 0. The molecule has 6 heteroatoms. The van der Waals surface area contributed by atoms with Crippen molar-refractivity contribution in [3.8, 4) is 5.75 Å². The molecule has 33 heavy (non-hydrogen) atoms. The molecule has 3 aromatic carbocycles. The Morgan fingerprint density at radius 2 is 1.55 bits per heavy atom. The maximum Gasteiger partial charge on any atom is 0.251 e. The van der Waals surface area contributed by atoms with Crippen molar-refractivity contribution in [2.75, 3.05) is 7.11 Å². The normalized spacial score (nSPS) is 11.3. The van der Waals surface area contributed by atoms with Crippen LogP contribution >= 0.6 is 0 Å². The zero-order valence-corrected chi connectivity index (χ0v) is 18.9. The number of amides is 1. The van der Waals surface area contributed by atoms with Gasteiger partial charge in [0.15, 0.2) is 17.4 Å². The summed E-state index contributed by atoms with van der Waals surface area (Å²) in [6.07, 6.45) is 0.160. The fourth-order valence-corrected chi connectivity index (χ4v) is 4.53. The lowest BCUT2D eigenvalue weighted by atomic mass is 9.95. The van der Waals surface area contributed by atoms with Crippen molar-refractivity contribution in [3.63, 3.8) is 0 Å². The number of primary amides is 1. The third-order valence-electron chi connectivity index (χ3n) is 5.88. The molecular formula is C27H26F2N2O2. The molecule has 0 unspecified atom stereocenters. The van der Waals surface area contributed by atoms with Crippen LogP contribution in [0.2, 0.25) is 0 Å². The van der Waals surface area contributed by atoms with Gasteiger partial charge in [0.05, 0.1) is 18.2 Å². The van der Waals surface area contributed by atoms with E-state index in [0.717, 1.165) is 11.1 Å². The molecule has 4 nitrogen and oxygen atoms in total. The Morgan fingerprint density at radius 3 is 2.06 bits per heavy atom. The number of carbonyl (C=O) groups excluding carboxylic acids is 1. The SMILES string of the molecule is COc1c(F)c(Cc2ccccc2)c2c(C(N)=O)c(C(C)C)n(Cc3ccccc3)c2c1F. The third-order valence-corrected chi connectivity index (χ3v) is 5.88. The standard InChI is InChI=1S/C27H26F2N2O2/c1-16(2)24-21(27(30)32)20-19(14-17-10-6-4-7-11-17)22(28)26(33-3)23(29)25(20)31(24)15-18-12-8-5-9-13-18/h4-13,16H,14-15H2,1-3H3,(H2,30,32). The van der Waals surface area contributed by atoms with Gasteiger partial charge in [-0.3, -0.25) is 4.79 Å². The molecule has 0 aliphatic rings. The van der Waals surface area contributed by atoms with E-state index in [1.165, 1.54) is 7.11 Å². The molecule has 4 aromatic rings. The summed E-state index contributed by atoms with van der Waals surface area (Å²) in [4.78, 5) is 12.7. The molecule has 1 aromatic heterocycles. The number of benzene rings is 3. The molecule has 0 saturated carbocycles. The minimum atomic E-state index is -0.841. The van der Waals surface area contributed by atoms with Gasteiger partial charge in [0.1, 0.15) is 0 Å². The molecule has 0 bridgehead atoms. The average Bonchev–Trinajstić information content (AvgIpc) is 3.14. The van der Waals surface area contributed by atoms with Gasteiger partial charge in [0, 0.05) is 29.6 Å². The van der Waals surface area contributed by atoms with E-state index in [1.807, 2.05) is 74.5 Å². The van der Waals surface area contributed by atoms with E-state index >= 15 is 8.78 Å². The van der Waals surface area contributed by atoms with Gasteiger partial charge in [-0.2, -0.15) is 0 Å². The van der Waals surface area contributed by atoms with Gasteiger partial charge in [0.2, 0.25) is 0 Å². The topological polar surface area (TPSA) is 57.2 Å². The minimum absolute atomic E-state index is 0.125. The number of halogens is 2. The summed E-state index contributed by atoms with van der Waals surface area (Å²) in [7, 11) is 1.24. The van der Waals surface area contributed by atoms with Gasteiger partial charge in [-0.1, -0.05) is 74.5 Å². The summed E-state index contributed by atoms with van der Waals surface area (Å²) in [6.45, 7) is 4.11. The summed E-state index contributed by atoms with van der Waals surface area (Å²) in [5, 5.41) is 0.210. The number of aromatic nitrogens is 1. The van der Waals surface area contributed by atoms with Crippen LogP contribution < -0.4 is 10.5 Å². The Kier molecular flexibility index (Phi) is 6.18. The van der Waals surface area contributed by atoms with Crippen molar-refractivity contribution < 1.29 is 18.3 Å². The van der Waals surface area contributed by atoms with Crippen LogP contribution in [0.15, 0.2) is 60.7 Å². The van der Waals surface area contributed by atoms with Crippen LogP contribution in [0.25, 0.3) is 10.9 Å². The van der Waals surface area contributed by atoms with E-state index in [2.05, 4.69) is 0 Å². The number of methoxy groups -OCH3 is 1. The van der Waals surface area contributed by atoms with Gasteiger partial charge >= 0.3 is 0 Å². The smallest absolute Gasteiger partial charge is 0.251 e. The van der Waals surface area contributed by atoms with Crippen LogP contribution in [0.1, 0.15) is 52.5 Å². The van der Waals surface area contributed by atoms with Gasteiger partial charge in [0.25, 0.3) is 5.91 Å². The molecule has 0 aliphatic heterocycles. The van der Waals surface area contributed by atoms with Crippen LogP contribution in [0.4, 0.5) is 8.78 Å². The van der Waals surface area contributed by atoms with Gasteiger partial charge in [-0.05, 0) is 17.0 Å². The lowest BCUT2D eigenvalue weighted by Gasteiger charge is -2.16. The number of hydrogen-bond donors (Lipinski definition) is 1. The average molecular weight is 449 g/mol. The fourth-order valence-electron chi connectivity index (χ4n) is 4.53. The van der Waals surface area contributed by atoms with Crippen molar-refractivity contribution in [1.29, 1.82) is 0 Å². The zero-order chi connectivity index (χ0) is 23.7. The molecule has 1 amide bonds. The largest absolute Gasteiger partial charge is 0.491 e. The Bertz CT molecular complexity index is 1310. The van der Waals surface area contributed by atoms with E-state index in [-0.39, 0.29) is 34.4 Å². The van der Waals surface area contributed by atoms with Crippen LogP contribution in [0.5, 0.6) is 5.75 Å². The molecule has 170 valence electrons. The Labute approximate surface area is 191 Å². The van der Waals surface area contributed by atoms with E-state index in [1.54, 1.807) is 4.57 Å². The number of fused-ring (bicyclic) bond motifs is 1. The molecule has 1 heterocycles. The highest BCUT2D eigenvalue weighted by Crippen LogP contribution is 2.41. The molecule has 0 spiro atoms. The highest BCUT2D eigenvalue weighted by atomic mass is 19.1. The van der Waals surface area contributed by atoms with E-state index in [0.29, 0.717) is 12.2 Å². The predicted octanol–water partition coefficient (Wildman–Crippen LogP) is 5.79. The highest BCUT2D eigenvalue weighted by molar-refractivity contribution is 6.10. The predicted molar refractivity (Wildman–Crippen MR) is 126 cm³/mol. The second kappa shape index (κ2) is 9.06. The minimum Gasteiger partial charge on any atom is -0.491 e. The number of nitrogens with two attached hydrogens (primary N) is 1. The first kappa shape index (κ1) is 22.5. The summed E-state index contributed by atoms with van der Waals surface area (Å²) in [6, 6.07) is 18.8. The third kappa shape index (κ3) is 3.97. The molecule has 0 aliphatic carbocycles. The van der Waals surface area contributed by atoms with Crippen LogP contribution in [-0.4, -0.2) is 17.6 Å². The van der Waals surface area contributed by atoms with Crippen molar-refractivity contribution in [2.24, 2.45) is 5.73 Å². The number of carbonyl (C=O) groups is 1. The molecule has 2 N–H and O–H groups in total. The van der Waals surface area contributed by atoms with Crippen molar-refractivity contribution in [3.05, 3.63) is 100 Å². The monoisotopic (exact) mass is 448 g/mol. The number of hydrogen-bond acceptors (Lipinski definition) is 2. The summed E-state index contributed by atoms with van der Waals surface area (Å²) in [5.74, 6) is -3.00. The second-order valence-electron chi connectivity index (χ2n) is 8.38. The summed E-state index contributed by atoms with van der Waals surface area (Å²) in [5.41, 5.74) is 8.61. The fraction of sp³-hybridized carbons (Fsp3) is 0.222. The first-order valence-corrected chi connectivity index (χ1v) is 10.8. The van der Waals surface area contributed by atoms with Crippen LogP contribution in [0, 0.1) is 11.6 Å². The van der Waals surface area contributed by atoms with E-state index in [4.69, 9.17) is 10.5 Å². The first-order chi connectivity index (χ1) is 15.8. The Balaban J connectivity index is 2.14. The van der Waals surface area contributed by atoms with Crippen molar-refractivity contribution >= 4 is 16.8 Å². The van der Waals surface area contributed by atoms with Gasteiger partial charge < -0.3 is 15.0 Å². The lowest BCUT2D eigenvalue weighted by Crippen LogP contribution is -2.16. The van der Waals surface area contributed by atoms with Crippen molar-refractivity contribution in [2.45, 2.75) is 32.7 Å². The molecule has 0 atom stereocenters. The maximum atomic E-state index is 15.8. The first-order valence-electron chi connectivity index (χ1n) is 10.8. The van der Waals surface area contributed by atoms with E-state index in [9.17, 15) is 4.79 Å². The van der Waals surface area contributed by atoms with Gasteiger partial charge in [-0.25, -0.2) is 8.78 Å². The zero-order valence-electron chi connectivity index (χ0n) is 18.9. The van der Waals surface area contributed by atoms with Gasteiger partial charge in [-0.15, -0.1) is 0 Å². The molecular weight excluding hydrogens is 422 g/mol. The summed E-state index contributed by atoms with van der Waals surface area (Å²) < 4.78 is 38.3.